The molecular formula is C23H23ClOS. The van der Waals surface area contributed by atoms with Gasteiger partial charge in [0.05, 0.1) is 7.11 Å². The van der Waals surface area contributed by atoms with Crippen LogP contribution in [0.5, 0.6) is 5.75 Å². The van der Waals surface area contributed by atoms with E-state index in [1.54, 1.807) is 7.11 Å². The zero-order valence-corrected chi connectivity index (χ0v) is 16.5. The standard InChI is InChI=1S/C23H23ClOS/c1-25-21-12-7-19(8-13-21)17-23(14-9-18-5-3-2-4-6-18)26-22-15-10-20(24)11-16-22/h2-8,10-13,15-16,23H,9,14,17H2,1H3. The monoisotopic (exact) mass is 382 g/mol. The van der Waals surface area contributed by atoms with Crippen LogP contribution in [0, 0.1) is 0 Å². The van der Waals surface area contributed by atoms with Crippen molar-refractivity contribution in [1.29, 1.82) is 0 Å². The highest BCUT2D eigenvalue weighted by molar-refractivity contribution is 8.00. The molecule has 1 nitrogen and oxygen atoms in total. The van der Waals surface area contributed by atoms with Crippen molar-refractivity contribution < 1.29 is 4.74 Å². The minimum Gasteiger partial charge on any atom is -0.497 e. The van der Waals surface area contributed by atoms with E-state index in [9.17, 15) is 0 Å². The molecule has 0 spiro atoms. The van der Waals surface area contributed by atoms with Gasteiger partial charge >= 0.3 is 0 Å². The van der Waals surface area contributed by atoms with Gasteiger partial charge in [-0.05, 0) is 66.8 Å². The maximum atomic E-state index is 6.03. The van der Waals surface area contributed by atoms with Crippen molar-refractivity contribution in [2.45, 2.75) is 29.4 Å². The van der Waals surface area contributed by atoms with E-state index in [1.807, 2.05) is 36.0 Å². The lowest BCUT2D eigenvalue weighted by atomic mass is 10.0. The van der Waals surface area contributed by atoms with Gasteiger partial charge in [-0.2, -0.15) is 0 Å². The molecular weight excluding hydrogens is 360 g/mol. The summed E-state index contributed by atoms with van der Waals surface area (Å²) in [6.07, 6.45) is 3.25. The molecule has 0 amide bonds. The van der Waals surface area contributed by atoms with E-state index >= 15 is 0 Å². The smallest absolute Gasteiger partial charge is 0.118 e. The molecule has 3 aromatic rings. The molecule has 134 valence electrons. The quantitative estimate of drug-likeness (QED) is 0.401. The second kappa shape index (κ2) is 9.70. The van der Waals surface area contributed by atoms with Crippen LogP contribution in [0.15, 0.2) is 83.8 Å². The highest BCUT2D eigenvalue weighted by Crippen LogP contribution is 2.30. The first-order valence-corrected chi connectivity index (χ1v) is 10.1. The number of benzene rings is 3. The first-order chi connectivity index (χ1) is 12.7. The second-order valence-electron chi connectivity index (χ2n) is 6.27. The SMILES string of the molecule is COc1ccc(CC(CCc2ccccc2)Sc2ccc(Cl)cc2)cc1. The van der Waals surface area contributed by atoms with Crippen molar-refractivity contribution in [3.63, 3.8) is 0 Å². The van der Waals surface area contributed by atoms with Crippen molar-refractivity contribution in [2.75, 3.05) is 7.11 Å². The highest BCUT2D eigenvalue weighted by Gasteiger charge is 2.12. The molecule has 0 N–H and O–H groups in total. The van der Waals surface area contributed by atoms with Crippen LogP contribution in [0.3, 0.4) is 0 Å². The maximum absolute atomic E-state index is 6.03. The zero-order valence-electron chi connectivity index (χ0n) is 14.9. The summed E-state index contributed by atoms with van der Waals surface area (Å²) in [5, 5.41) is 1.29. The number of ether oxygens (including phenoxy) is 1. The largest absolute Gasteiger partial charge is 0.497 e. The van der Waals surface area contributed by atoms with Crippen LogP contribution >= 0.6 is 23.4 Å². The zero-order chi connectivity index (χ0) is 18.2. The summed E-state index contributed by atoms with van der Waals surface area (Å²) in [5.74, 6) is 0.903. The van der Waals surface area contributed by atoms with E-state index < -0.39 is 0 Å². The number of thioether (sulfide) groups is 1. The van der Waals surface area contributed by atoms with Gasteiger partial charge in [-0.1, -0.05) is 54.1 Å². The van der Waals surface area contributed by atoms with Crippen LogP contribution < -0.4 is 4.74 Å². The highest BCUT2D eigenvalue weighted by atomic mass is 35.5. The van der Waals surface area contributed by atoms with Crippen LogP contribution in [0.2, 0.25) is 5.02 Å². The number of methoxy groups -OCH3 is 1. The third kappa shape index (κ3) is 5.82. The van der Waals surface area contributed by atoms with E-state index in [0.29, 0.717) is 5.25 Å². The van der Waals surface area contributed by atoms with Crippen LogP contribution in [0.25, 0.3) is 0 Å². The van der Waals surface area contributed by atoms with Crippen molar-refractivity contribution in [1.82, 2.24) is 0 Å². The van der Waals surface area contributed by atoms with Crippen molar-refractivity contribution in [2.24, 2.45) is 0 Å². The predicted octanol–water partition coefficient (Wildman–Crippen LogP) is 6.68. The molecule has 26 heavy (non-hydrogen) atoms. The molecule has 0 radical (unpaired) electrons. The molecule has 3 rings (SSSR count). The lowest BCUT2D eigenvalue weighted by molar-refractivity contribution is 0.414. The Morgan fingerprint density at radius 3 is 2.19 bits per heavy atom. The van der Waals surface area contributed by atoms with Crippen LogP contribution in [-0.4, -0.2) is 12.4 Å². The lowest BCUT2D eigenvalue weighted by Crippen LogP contribution is -2.09. The molecule has 0 aliphatic heterocycles. The summed E-state index contributed by atoms with van der Waals surface area (Å²) in [4.78, 5) is 1.26. The van der Waals surface area contributed by atoms with Crippen LogP contribution in [-0.2, 0) is 12.8 Å². The Labute approximate surface area is 165 Å². The fourth-order valence-corrected chi connectivity index (χ4v) is 4.22. The average molecular weight is 383 g/mol. The van der Waals surface area contributed by atoms with Gasteiger partial charge in [0.15, 0.2) is 0 Å². The minimum atomic E-state index is 0.504. The molecule has 1 unspecified atom stereocenters. The first kappa shape index (κ1) is 18.9. The predicted molar refractivity (Wildman–Crippen MR) is 113 cm³/mol. The Bertz CT molecular complexity index is 785. The van der Waals surface area contributed by atoms with Gasteiger partial charge in [-0.15, -0.1) is 11.8 Å². The fourth-order valence-electron chi connectivity index (χ4n) is 2.91. The number of rotatable bonds is 8. The fraction of sp³-hybridized carbons (Fsp3) is 0.217. The summed E-state index contributed by atoms with van der Waals surface area (Å²) >= 11 is 7.96. The van der Waals surface area contributed by atoms with Crippen molar-refractivity contribution in [3.8, 4) is 5.75 Å². The summed E-state index contributed by atoms with van der Waals surface area (Å²) in [5.41, 5.74) is 2.73. The Morgan fingerprint density at radius 1 is 0.846 bits per heavy atom. The molecule has 3 aromatic carbocycles. The molecule has 3 heteroatoms. The number of halogens is 1. The summed E-state index contributed by atoms with van der Waals surface area (Å²) in [6.45, 7) is 0. The molecule has 0 bridgehead atoms. The molecule has 0 aliphatic rings. The van der Waals surface area contributed by atoms with E-state index in [1.165, 1.54) is 16.0 Å². The van der Waals surface area contributed by atoms with Gasteiger partial charge in [-0.3, -0.25) is 0 Å². The third-order valence-corrected chi connectivity index (χ3v) is 5.87. The molecule has 0 fully saturated rings. The van der Waals surface area contributed by atoms with Crippen LogP contribution in [0.1, 0.15) is 17.5 Å². The van der Waals surface area contributed by atoms with Crippen molar-refractivity contribution in [3.05, 3.63) is 95.0 Å². The normalized spacial score (nSPS) is 11.9. The summed E-state index contributed by atoms with van der Waals surface area (Å²) in [7, 11) is 1.70. The van der Waals surface area contributed by atoms with Gasteiger partial charge in [-0.25, -0.2) is 0 Å². The Kier molecular flexibility index (Phi) is 7.04. The Morgan fingerprint density at radius 2 is 1.54 bits per heavy atom. The Balaban J connectivity index is 1.69. The minimum absolute atomic E-state index is 0.504. The van der Waals surface area contributed by atoms with Crippen LogP contribution in [0.4, 0.5) is 0 Å². The summed E-state index contributed by atoms with van der Waals surface area (Å²) < 4.78 is 5.27. The molecule has 0 aliphatic carbocycles. The number of hydrogen-bond donors (Lipinski definition) is 0. The van der Waals surface area contributed by atoms with Gasteiger partial charge in [0.25, 0.3) is 0 Å². The maximum Gasteiger partial charge on any atom is 0.118 e. The van der Waals surface area contributed by atoms with E-state index in [2.05, 4.69) is 54.6 Å². The first-order valence-electron chi connectivity index (χ1n) is 8.82. The van der Waals surface area contributed by atoms with E-state index in [0.717, 1.165) is 30.0 Å². The topological polar surface area (TPSA) is 9.23 Å². The molecule has 0 heterocycles. The number of hydrogen-bond acceptors (Lipinski definition) is 2. The molecule has 0 aromatic heterocycles. The van der Waals surface area contributed by atoms with E-state index in [-0.39, 0.29) is 0 Å². The Hall–Kier alpha value is -1.90. The lowest BCUT2D eigenvalue weighted by Gasteiger charge is -2.17. The van der Waals surface area contributed by atoms with E-state index in [4.69, 9.17) is 16.3 Å². The van der Waals surface area contributed by atoms with Crippen molar-refractivity contribution >= 4 is 23.4 Å². The van der Waals surface area contributed by atoms with Gasteiger partial charge in [0.2, 0.25) is 0 Å². The molecule has 0 saturated heterocycles. The number of aryl methyl sites for hydroxylation is 1. The molecule has 0 saturated carbocycles. The molecule has 1 atom stereocenters. The summed E-state index contributed by atoms with van der Waals surface area (Å²) in [6, 6.07) is 27.3. The van der Waals surface area contributed by atoms with Gasteiger partial charge < -0.3 is 4.74 Å². The van der Waals surface area contributed by atoms with Gasteiger partial charge in [0, 0.05) is 15.2 Å². The third-order valence-electron chi connectivity index (χ3n) is 4.34. The van der Waals surface area contributed by atoms with Gasteiger partial charge in [0.1, 0.15) is 5.75 Å². The second-order valence-corrected chi connectivity index (χ2v) is 8.08. The average Bonchev–Trinajstić information content (AvgIpc) is 2.69.